The molecule has 0 bridgehead atoms. The number of H-pyrrole nitrogens is 1. The van der Waals surface area contributed by atoms with Gasteiger partial charge in [-0.3, -0.25) is 9.59 Å². The summed E-state index contributed by atoms with van der Waals surface area (Å²) in [7, 11) is 0. The van der Waals surface area contributed by atoms with Crippen molar-refractivity contribution in [2.45, 2.75) is 32.8 Å². The Morgan fingerprint density at radius 2 is 2.29 bits per heavy atom. The first-order valence-corrected chi connectivity index (χ1v) is 5.66. The number of carbonyl (C=O) groups excluding carboxylic acids is 1. The molecule has 17 heavy (non-hydrogen) atoms. The molecule has 1 aromatic rings. The van der Waals surface area contributed by atoms with Crippen LogP contribution in [0.25, 0.3) is 0 Å². The second kappa shape index (κ2) is 6.20. The van der Waals surface area contributed by atoms with Crippen molar-refractivity contribution in [3.8, 4) is 0 Å². The molecule has 94 valence electrons. The van der Waals surface area contributed by atoms with Gasteiger partial charge in [0.1, 0.15) is 5.56 Å². The normalized spacial score (nSPS) is 12.2. The number of aliphatic hydroxyl groups is 1. The fourth-order valence-electron chi connectivity index (χ4n) is 1.45. The van der Waals surface area contributed by atoms with Crippen molar-refractivity contribution >= 4 is 5.91 Å². The van der Waals surface area contributed by atoms with Crippen LogP contribution < -0.4 is 10.7 Å². The molecule has 1 heterocycles. The van der Waals surface area contributed by atoms with Crippen LogP contribution in [0.2, 0.25) is 0 Å². The SMILES string of the molecule is Cc1cc(=O)c(C(=O)NCCCC(C)O)c[nH]1. The van der Waals surface area contributed by atoms with Crippen molar-refractivity contribution < 1.29 is 9.90 Å². The largest absolute Gasteiger partial charge is 0.393 e. The molecule has 1 unspecified atom stereocenters. The number of nitrogens with one attached hydrogen (secondary N) is 2. The van der Waals surface area contributed by atoms with Crippen LogP contribution in [0.15, 0.2) is 17.1 Å². The maximum atomic E-state index is 11.6. The summed E-state index contributed by atoms with van der Waals surface area (Å²) in [6, 6.07) is 1.39. The molecule has 0 saturated heterocycles. The summed E-state index contributed by atoms with van der Waals surface area (Å²) >= 11 is 0. The van der Waals surface area contributed by atoms with Crippen molar-refractivity contribution in [1.29, 1.82) is 0 Å². The predicted octanol–water partition coefficient (Wildman–Crippen LogP) is 0.574. The minimum atomic E-state index is -0.378. The molecule has 3 N–H and O–H groups in total. The second-order valence-corrected chi connectivity index (χ2v) is 4.14. The molecule has 0 aromatic carbocycles. The summed E-state index contributed by atoms with van der Waals surface area (Å²) in [6.07, 6.45) is 2.37. The molecule has 1 rings (SSSR count). The molecule has 0 radical (unpaired) electrons. The molecule has 0 spiro atoms. The second-order valence-electron chi connectivity index (χ2n) is 4.14. The Kier molecular flexibility index (Phi) is 4.90. The van der Waals surface area contributed by atoms with Gasteiger partial charge >= 0.3 is 0 Å². The lowest BCUT2D eigenvalue weighted by atomic mass is 10.2. The average molecular weight is 238 g/mol. The van der Waals surface area contributed by atoms with Gasteiger partial charge in [0, 0.05) is 24.5 Å². The number of aromatic amines is 1. The monoisotopic (exact) mass is 238 g/mol. The highest BCUT2D eigenvalue weighted by Crippen LogP contribution is 1.95. The quantitative estimate of drug-likeness (QED) is 0.656. The van der Waals surface area contributed by atoms with Crippen molar-refractivity contribution in [3.63, 3.8) is 0 Å². The summed E-state index contributed by atoms with van der Waals surface area (Å²) in [5.41, 5.74) is 0.558. The minimum Gasteiger partial charge on any atom is -0.393 e. The summed E-state index contributed by atoms with van der Waals surface area (Å²) in [6.45, 7) is 3.91. The van der Waals surface area contributed by atoms with E-state index in [2.05, 4.69) is 10.3 Å². The van der Waals surface area contributed by atoms with E-state index < -0.39 is 0 Å². The van der Waals surface area contributed by atoms with Gasteiger partial charge in [-0.15, -0.1) is 0 Å². The van der Waals surface area contributed by atoms with E-state index in [1.165, 1.54) is 12.3 Å². The van der Waals surface area contributed by atoms with Gasteiger partial charge in [0.15, 0.2) is 5.43 Å². The maximum absolute atomic E-state index is 11.6. The van der Waals surface area contributed by atoms with Gasteiger partial charge in [0.25, 0.3) is 5.91 Å². The number of rotatable bonds is 5. The molecule has 0 fully saturated rings. The van der Waals surface area contributed by atoms with E-state index in [4.69, 9.17) is 5.11 Å². The Morgan fingerprint density at radius 1 is 1.59 bits per heavy atom. The van der Waals surface area contributed by atoms with E-state index in [1.54, 1.807) is 13.8 Å². The van der Waals surface area contributed by atoms with Crippen LogP contribution in [0, 0.1) is 6.92 Å². The summed E-state index contributed by atoms with van der Waals surface area (Å²) in [4.78, 5) is 26.0. The number of aromatic nitrogens is 1. The molecular weight excluding hydrogens is 220 g/mol. The highest BCUT2D eigenvalue weighted by molar-refractivity contribution is 5.93. The molecule has 0 aliphatic heterocycles. The summed E-state index contributed by atoms with van der Waals surface area (Å²) in [5.74, 6) is -0.378. The number of pyridine rings is 1. The highest BCUT2D eigenvalue weighted by atomic mass is 16.3. The van der Waals surface area contributed by atoms with Gasteiger partial charge in [-0.2, -0.15) is 0 Å². The zero-order valence-electron chi connectivity index (χ0n) is 10.1. The average Bonchev–Trinajstić information content (AvgIpc) is 2.23. The van der Waals surface area contributed by atoms with Crippen molar-refractivity contribution in [1.82, 2.24) is 10.3 Å². The smallest absolute Gasteiger partial charge is 0.256 e. The lowest BCUT2D eigenvalue weighted by molar-refractivity contribution is 0.0948. The maximum Gasteiger partial charge on any atom is 0.256 e. The molecular formula is C12H18N2O3. The Morgan fingerprint density at radius 3 is 2.88 bits per heavy atom. The van der Waals surface area contributed by atoms with Crippen LogP contribution in [0.1, 0.15) is 35.8 Å². The van der Waals surface area contributed by atoms with E-state index in [9.17, 15) is 9.59 Å². The van der Waals surface area contributed by atoms with Crippen LogP contribution >= 0.6 is 0 Å². The zero-order valence-corrected chi connectivity index (χ0v) is 10.1. The van der Waals surface area contributed by atoms with Crippen LogP contribution in [-0.4, -0.2) is 28.6 Å². The first-order chi connectivity index (χ1) is 8.00. The topological polar surface area (TPSA) is 82.2 Å². The van der Waals surface area contributed by atoms with Gasteiger partial charge in [-0.1, -0.05) is 0 Å². The van der Waals surface area contributed by atoms with Crippen LogP contribution in [-0.2, 0) is 0 Å². The Hall–Kier alpha value is -1.62. The zero-order chi connectivity index (χ0) is 12.8. The van der Waals surface area contributed by atoms with E-state index in [1.807, 2.05) is 0 Å². The van der Waals surface area contributed by atoms with E-state index in [-0.39, 0.29) is 23.0 Å². The minimum absolute atomic E-state index is 0.118. The van der Waals surface area contributed by atoms with Gasteiger partial charge in [0.2, 0.25) is 0 Å². The van der Waals surface area contributed by atoms with E-state index in [0.29, 0.717) is 19.4 Å². The molecule has 0 aliphatic rings. The fourth-order valence-corrected chi connectivity index (χ4v) is 1.45. The van der Waals surface area contributed by atoms with Gasteiger partial charge in [0.05, 0.1) is 6.10 Å². The summed E-state index contributed by atoms with van der Waals surface area (Å²) in [5, 5.41) is 11.7. The molecule has 5 nitrogen and oxygen atoms in total. The van der Waals surface area contributed by atoms with Crippen molar-refractivity contribution in [2.75, 3.05) is 6.54 Å². The van der Waals surface area contributed by atoms with Crippen LogP contribution in [0.5, 0.6) is 0 Å². The number of hydrogen-bond acceptors (Lipinski definition) is 3. The third-order valence-corrected chi connectivity index (χ3v) is 2.39. The van der Waals surface area contributed by atoms with Crippen molar-refractivity contribution in [3.05, 3.63) is 33.7 Å². The Bertz CT molecular complexity index is 438. The number of hydrogen-bond donors (Lipinski definition) is 3. The lowest BCUT2D eigenvalue weighted by Crippen LogP contribution is -2.29. The highest BCUT2D eigenvalue weighted by Gasteiger charge is 2.09. The first-order valence-electron chi connectivity index (χ1n) is 5.66. The van der Waals surface area contributed by atoms with E-state index in [0.717, 1.165) is 5.69 Å². The standard InChI is InChI=1S/C12H18N2O3/c1-8-6-11(16)10(7-14-8)12(17)13-5-3-4-9(2)15/h6-7,9,15H,3-5H2,1-2H3,(H,13,17)(H,14,16). The van der Waals surface area contributed by atoms with Gasteiger partial charge in [-0.25, -0.2) is 0 Å². The first kappa shape index (κ1) is 13.4. The van der Waals surface area contributed by atoms with Crippen molar-refractivity contribution in [2.24, 2.45) is 0 Å². The predicted molar refractivity (Wildman–Crippen MR) is 65.0 cm³/mol. The summed E-state index contributed by atoms with van der Waals surface area (Å²) < 4.78 is 0. The fraction of sp³-hybridized carbons (Fsp3) is 0.500. The van der Waals surface area contributed by atoms with Crippen LogP contribution in [0.3, 0.4) is 0 Å². The van der Waals surface area contributed by atoms with Gasteiger partial charge in [-0.05, 0) is 26.7 Å². The number of aryl methyl sites for hydroxylation is 1. The Balaban J connectivity index is 2.50. The third kappa shape index (κ3) is 4.40. The molecule has 0 saturated carbocycles. The number of amides is 1. The van der Waals surface area contributed by atoms with Crippen LogP contribution in [0.4, 0.5) is 0 Å². The molecule has 1 aromatic heterocycles. The third-order valence-electron chi connectivity index (χ3n) is 2.39. The molecule has 0 aliphatic carbocycles. The molecule has 1 amide bonds. The van der Waals surface area contributed by atoms with Gasteiger partial charge < -0.3 is 15.4 Å². The number of carbonyl (C=O) groups is 1. The Labute approximate surface area is 99.9 Å². The molecule has 5 heteroatoms. The van der Waals surface area contributed by atoms with E-state index >= 15 is 0 Å². The number of aliphatic hydroxyl groups excluding tert-OH is 1. The lowest BCUT2D eigenvalue weighted by Gasteiger charge is -2.06. The molecule has 1 atom stereocenters.